The Balaban J connectivity index is 0.000000341. The summed E-state index contributed by atoms with van der Waals surface area (Å²) in [7, 11) is 2.35. The molecule has 1 heterocycles. The number of aromatic hydroxyl groups is 1. The molecule has 0 aromatic heterocycles. The number of carbonyl (C=O) groups excluding carboxylic acids is 1. The van der Waals surface area contributed by atoms with E-state index < -0.39 is 15.4 Å². The molecule has 14 heteroatoms. The fraction of sp³-hybridized carbons (Fsp3) is 0.650. The SMILES string of the molecule is Cc1c(C)c2c(c(C)c1O)CCC(C)(C)O2.O=COCCSSC(CO[N+](=O)[O-])CO[N+](=O)[O-]. The van der Waals surface area contributed by atoms with Crippen molar-refractivity contribution in [1.82, 2.24) is 0 Å². The van der Waals surface area contributed by atoms with Gasteiger partial charge < -0.3 is 24.3 Å². The molecule has 0 atom stereocenters. The molecule has 1 aromatic rings. The highest BCUT2D eigenvalue weighted by molar-refractivity contribution is 8.77. The van der Waals surface area contributed by atoms with Crippen LogP contribution in [0.1, 0.15) is 42.5 Å². The molecule has 1 N–H and O–H groups in total. The van der Waals surface area contributed by atoms with Crippen LogP contribution in [0.25, 0.3) is 0 Å². The fourth-order valence-corrected chi connectivity index (χ4v) is 5.12. The first-order chi connectivity index (χ1) is 15.9. The van der Waals surface area contributed by atoms with Gasteiger partial charge in [-0.25, -0.2) is 0 Å². The third kappa shape index (κ3) is 9.71. The van der Waals surface area contributed by atoms with Gasteiger partial charge in [0.2, 0.25) is 0 Å². The smallest absolute Gasteiger partial charge is 0.294 e. The Hall–Kier alpha value is -2.61. The summed E-state index contributed by atoms with van der Waals surface area (Å²) in [4.78, 5) is 38.0. The molecule has 2 rings (SSSR count). The van der Waals surface area contributed by atoms with Gasteiger partial charge in [0.15, 0.2) is 0 Å². The summed E-state index contributed by atoms with van der Waals surface area (Å²) >= 11 is 0. The molecule has 0 aliphatic carbocycles. The Morgan fingerprint density at radius 2 is 1.71 bits per heavy atom. The van der Waals surface area contributed by atoms with Crippen LogP contribution in [-0.4, -0.2) is 58.2 Å². The van der Waals surface area contributed by atoms with Gasteiger partial charge in [-0.2, -0.15) is 0 Å². The molecular formula is C20H30N2O10S2. The first kappa shape index (κ1) is 29.4. The van der Waals surface area contributed by atoms with E-state index >= 15 is 0 Å². The zero-order valence-electron chi connectivity index (χ0n) is 19.7. The maximum absolute atomic E-state index is 10.0. The zero-order chi connectivity index (χ0) is 25.9. The number of phenolic OH excluding ortho intramolecular Hbond substituents is 1. The number of benzene rings is 1. The number of nitrogens with zero attached hydrogens (tertiary/aromatic N) is 2. The van der Waals surface area contributed by atoms with Gasteiger partial charge in [0, 0.05) is 11.3 Å². The van der Waals surface area contributed by atoms with Crippen molar-refractivity contribution in [3.63, 3.8) is 0 Å². The van der Waals surface area contributed by atoms with Crippen molar-refractivity contribution in [2.75, 3.05) is 25.6 Å². The standard InChI is InChI=1S/C14H20O2.C6H10N2O8S2/c1-8-9(2)13-11(10(3)12(8)15)6-7-14(4,5)16-13;9-5-14-1-2-17-18-6(3-15-7(10)11)4-16-8(12)13/h15H,6-7H2,1-5H3;5-6H,1-4H2. The Morgan fingerprint density at radius 1 is 1.12 bits per heavy atom. The largest absolute Gasteiger partial charge is 0.507 e. The van der Waals surface area contributed by atoms with E-state index in [0.29, 0.717) is 18.0 Å². The lowest BCUT2D eigenvalue weighted by molar-refractivity contribution is -0.765. The Bertz CT molecular complexity index is 848. The minimum Gasteiger partial charge on any atom is -0.507 e. The number of rotatable bonds is 12. The monoisotopic (exact) mass is 522 g/mol. The molecule has 34 heavy (non-hydrogen) atoms. The number of phenols is 1. The molecule has 1 aromatic carbocycles. The molecule has 0 fully saturated rings. The number of fused-ring (bicyclic) bond motifs is 1. The quantitative estimate of drug-likeness (QED) is 0.139. The third-order valence-electron chi connectivity index (χ3n) is 4.98. The van der Waals surface area contributed by atoms with Gasteiger partial charge in [-0.05, 0) is 64.2 Å². The van der Waals surface area contributed by atoms with Crippen molar-refractivity contribution in [3.05, 3.63) is 42.5 Å². The Labute approximate surface area is 205 Å². The molecule has 0 spiro atoms. The van der Waals surface area contributed by atoms with Crippen LogP contribution >= 0.6 is 21.6 Å². The van der Waals surface area contributed by atoms with Gasteiger partial charge in [0.05, 0.1) is 5.25 Å². The van der Waals surface area contributed by atoms with Gasteiger partial charge in [-0.1, -0.05) is 21.6 Å². The predicted octanol–water partition coefficient (Wildman–Crippen LogP) is 3.75. The molecule has 0 unspecified atom stereocenters. The van der Waals surface area contributed by atoms with E-state index in [1.807, 2.05) is 20.8 Å². The normalized spacial score (nSPS) is 13.6. The molecule has 0 saturated heterocycles. The van der Waals surface area contributed by atoms with Gasteiger partial charge >= 0.3 is 0 Å². The summed E-state index contributed by atoms with van der Waals surface area (Å²) < 4.78 is 10.5. The molecule has 0 amide bonds. The fourth-order valence-electron chi connectivity index (χ4n) is 3.03. The van der Waals surface area contributed by atoms with Gasteiger partial charge in [-0.15, -0.1) is 20.2 Å². The zero-order valence-corrected chi connectivity index (χ0v) is 21.4. The molecule has 0 saturated carbocycles. The second-order valence-corrected chi connectivity index (χ2v) is 10.7. The van der Waals surface area contributed by atoms with Crippen LogP contribution in [0.2, 0.25) is 0 Å². The lowest BCUT2D eigenvalue weighted by Crippen LogP contribution is -2.33. The Kier molecular flexibility index (Phi) is 12.1. The molecule has 192 valence electrons. The van der Waals surface area contributed by atoms with Crippen molar-refractivity contribution in [2.24, 2.45) is 0 Å². The van der Waals surface area contributed by atoms with E-state index in [1.165, 1.54) is 16.4 Å². The van der Waals surface area contributed by atoms with E-state index in [2.05, 4.69) is 28.3 Å². The molecule has 12 nitrogen and oxygen atoms in total. The second kappa shape index (κ2) is 13.9. The molecule has 1 aliphatic heterocycles. The van der Waals surface area contributed by atoms with E-state index in [9.17, 15) is 30.1 Å². The van der Waals surface area contributed by atoms with Crippen LogP contribution in [0.15, 0.2) is 0 Å². The molecule has 0 bridgehead atoms. The van der Waals surface area contributed by atoms with Gasteiger partial charge in [0.1, 0.15) is 36.9 Å². The van der Waals surface area contributed by atoms with Crippen LogP contribution in [0.3, 0.4) is 0 Å². The van der Waals surface area contributed by atoms with Gasteiger partial charge in [-0.3, -0.25) is 4.79 Å². The molecular weight excluding hydrogens is 492 g/mol. The lowest BCUT2D eigenvalue weighted by atomic mass is 9.88. The minimum absolute atomic E-state index is 0.0897. The van der Waals surface area contributed by atoms with Crippen LogP contribution in [-0.2, 0) is 25.6 Å². The first-order valence-electron chi connectivity index (χ1n) is 10.3. The summed E-state index contributed by atoms with van der Waals surface area (Å²) in [5.74, 6) is 1.86. The Morgan fingerprint density at radius 3 is 2.24 bits per heavy atom. The third-order valence-corrected chi connectivity index (χ3v) is 7.72. The topological polar surface area (TPSA) is 161 Å². The van der Waals surface area contributed by atoms with Gasteiger partial charge in [0.25, 0.3) is 16.6 Å². The first-order valence-corrected chi connectivity index (χ1v) is 12.7. The van der Waals surface area contributed by atoms with Crippen LogP contribution < -0.4 is 4.74 Å². The highest BCUT2D eigenvalue weighted by atomic mass is 33.1. The number of hydrogen-bond donors (Lipinski definition) is 1. The summed E-state index contributed by atoms with van der Waals surface area (Å²) in [6.45, 7) is 10.0. The maximum Gasteiger partial charge on any atom is 0.294 e. The second-order valence-electron chi connectivity index (χ2n) is 7.94. The molecule has 0 radical (unpaired) electrons. The maximum atomic E-state index is 10.0. The van der Waals surface area contributed by atoms with E-state index in [-0.39, 0.29) is 25.4 Å². The summed E-state index contributed by atoms with van der Waals surface area (Å²) in [6.07, 6.45) is 1.99. The average Bonchev–Trinajstić information content (AvgIpc) is 2.77. The highest BCUT2D eigenvalue weighted by Crippen LogP contribution is 2.42. The predicted molar refractivity (Wildman–Crippen MR) is 127 cm³/mol. The summed E-state index contributed by atoms with van der Waals surface area (Å²) in [5, 5.41) is 27.4. The highest BCUT2D eigenvalue weighted by Gasteiger charge is 2.30. The van der Waals surface area contributed by atoms with Crippen molar-refractivity contribution in [3.8, 4) is 11.5 Å². The average molecular weight is 523 g/mol. The summed E-state index contributed by atoms with van der Waals surface area (Å²) in [5.41, 5.74) is 4.08. The lowest BCUT2D eigenvalue weighted by Gasteiger charge is -2.35. The van der Waals surface area contributed by atoms with Crippen LogP contribution in [0, 0.1) is 41.0 Å². The van der Waals surface area contributed by atoms with Crippen LogP contribution in [0.4, 0.5) is 0 Å². The number of hydrogen-bond acceptors (Lipinski definition) is 12. The minimum atomic E-state index is -0.986. The number of carbonyl (C=O) groups is 1. The number of ether oxygens (including phenoxy) is 2. The van der Waals surface area contributed by atoms with Crippen molar-refractivity contribution < 1.29 is 39.2 Å². The molecule has 1 aliphatic rings. The van der Waals surface area contributed by atoms with Crippen molar-refractivity contribution in [1.29, 1.82) is 0 Å². The van der Waals surface area contributed by atoms with E-state index in [0.717, 1.165) is 46.1 Å². The van der Waals surface area contributed by atoms with Crippen LogP contribution in [0.5, 0.6) is 11.5 Å². The van der Waals surface area contributed by atoms with Crippen molar-refractivity contribution in [2.45, 2.75) is 58.3 Å². The summed E-state index contributed by atoms with van der Waals surface area (Å²) in [6, 6.07) is 0. The van der Waals surface area contributed by atoms with E-state index in [4.69, 9.17) is 4.74 Å². The van der Waals surface area contributed by atoms with E-state index in [1.54, 1.807) is 0 Å². The van der Waals surface area contributed by atoms with Crippen molar-refractivity contribution >= 4 is 28.1 Å².